The van der Waals surface area contributed by atoms with Crippen molar-refractivity contribution >= 4 is 32.4 Å². The van der Waals surface area contributed by atoms with Gasteiger partial charge in [0.2, 0.25) is 15.9 Å². The second kappa shape index (κ2) is 9.46. The highest BCUT2D eigenvalue weighted by molar-refractivity contribution is 7.89. The molecule has 2 N–H and O–H groups in total. The fourth-order valence-corrected chi connectivity index (χ4v) is 4.83. The maximum absolute atomic E-state index is 12.6. The molecular formula is C21H23N3O5S2. The summed E-state index contributed by atoms with van der Waals surface area (Å²) in [5.74, 6) is 0.770. The van der Waals surface area contributed by atoms with Gasteiger partial charge in [0, 0.05) is 10.4 Å². The number of ether oxygens (including phenoxy) is 2. The van der Waals surface area contributed by atoms with Crippen molar-refractivity contribution in [1.29, 1.82) is 0 Å². The maximum atomic E-state index is 12.6. The molecule has 0 fully saturated rings. The van der Waals surface area contributed by atoms with Crippen molar-refractivity contribution in [3.63, 3.8) is 0 Å². The number of hydrogen-bond donors (Lipinski definition) is 2. The largest absolute Gasteiger partial charge is 0.497 e. The number of amides is 1. The minimum Gasteiger partial charge on any atom is -0.497 e. The molecule has 3 aromatic rings. The van der Waals surface area contributed by atoms with Gasteiger partial charge in [-0.3, -0.25) is 4.79 Å². The summed E-state index contributed by atoms with van der Waals surface area (Å²) >= 11 is 1.32. The predicted octanol–water partition coefficient (Wildman–Crippen LogP) is 3.44. The van der Waals surface area contributed by atoms with E-state index < -0.39 is 22.0 Å². The Morgan fingerprint density at radius 1 is 1.00 bits per heavy atom. The van der Waals surface area contributed by atoms with Crippen LogP contribution in [-0.2, 0) is 14.8 Å². The van der Waals surface area contributed by atoms with E-state index in [9.17, 15) is 13.2 Å². The molecule has 0 spiro atoms. The Morgan fingerprint density at radius 3 is 2.10 bits per heavy atom. The van der Waals surface area contributed by atoms with Gasteiger partial charge in [0.15, 0.2) is 5.13 Å². The van der Waals surface area contributed by atoms with E-state index in [2.05, 4.69) is 15.0 Å². The molecule has 1 heterocycles. The summed E-state index contributed by atoms with van der Waals surface area (Å²) in [4.78, 5) is 18.0. The summed E-state index contributed by atoms with van der Waals surface area (Å²) < 4.78 is 37.7. The number of thiazole rings is 1. The SMILES string of the molecule is COc1ccc(-c2nc(NC(=O)[C@H](C)NS(=O)(=O)c3ccc(OC)cc3)sc2C)cc1. The first-order valence-electron chi connectivity index (χ1n) is 9.32. The molecule has 0 aliphatic heterocycles. The average Bonchev–Trinajstić information content (AvgIpc) is 3.13. The van der Waals surface area contributed by atoms with Crippen LogP contribution in [0, 0.1) is 6.92 Å². The molecule has 0 aliphatic carbocycles. The highest BCUT2D eigenvalue weighted by atomic mass is 32.2. The zero-order chi connectivity index (χ0) is 22.6. The lowest BCUT2D eigenvalue weighted by Crippen LogP contribution is -2.41. The van der Waals surface area contributed by atoms with Gasteiger partial charge in [-0.1, -0.05) is 0 Å². The quantitative estimate of drug-likeness (QED) is 0.532. The Morgan fingerprint density at radius 2 is 1.55 bits per heavy atom. The van der Waals surface area contributed by atoms with Crippen LogP contribution in [0.3, 0.4) is 0 Å². The molecule has 8 nitrogen and oxygen atoms in total. The molecule has 0 bridgehead atoms. The average molecular weight is 462 g/mol. The van der Waals surface area contributed by atoms with Gasteiger partial charge in [-0.15, -0.1) is 11.3 Å². The number of methoxy groups -OCH3 is 2. The van der Waals surface area contributed by atoms with Crippen molar-refractivity contribution in [3.05, 3.63) is 53.4 Å². The molecule has 1 aromatic heterocycles. The monoisotopic (exact) mass is 461 g/mol. The molecule has 0 radical (unpaired) electrons. The van der Waals surface area contributed by atoms with Crippen LogP contribution in [-0.4, -0.2) is 39.6 Å². The normalized spacial score (nSPS) is 12.3. The van der Waals surface area contributed by atoms with Crippen molar-refractivity contribution in [2.75, 3.05) is 19.5 Å². The predicted molar refractivity (Wildman–Crippen MR) is 120 cm³/mol. The van der Waals surface area contributed by atoms with E-state index in [0.29, 0.717) is 10.9 Å². The van der Waals surface area contributed by atoms with Crippen LogP contribution in [0.15, 0.2) is 53.4 Å². The second-order valence-corrected chi connectivity index (χ2v) is 9.58. The molecule has 2 aromatic carbocycles. The summed E-state index contributed by atoms with van der Waals surface area (Å²) in [7, 11) is -0.777. The third-order valence-electron chi connectivity index (χ3n) is 4.49. The van der Waals surface area contributed by atoms with Crippen LogP contribution in [0.25, 0.3) is 11.3 Å². The maximum Gasteiger partial charge on any atom is 0.244 e. The van der Waals surface area contributed by atoms with Gasteiger partial charge in [0.05, 0.1) is 30.9 Å². The minimum atomic E-state index is -3.87. The Kier molecular flexibility index (Phi) is 6.94. The summed E-state index contributed by atoms with van der Waals surface area (Å²) in [6.45, 7) is 3.38. The third-order valence-corrected chi connectivity index (χ3v) is 6.93. The number of aryl methyl sites for hydroxylation is 1. The molecule has 0 aliphatic rings. The number of hydrogen-bond acceptors (Lipinski definition) is 7. The lowest BCUT2D eigenvalue weighted by molar-refractivity contribution is -0.117. The fourth-order valence-electron chi connectivity index (χ4n) is 2.79. The summed E-state index contributed by atoms with van der Waals surface area (Å²) in [5, 5.41) is 3.08. The lowest BCUT2D eigenvalue weighted by atomic mass is 10.1. The number of aromatic nitrogens is 1. The fraction of sp³-hybridized carbons (Fsp3) is 0.238. The van der Waals surface area contributed by atoms with Crippen molar-refractivity contribution in [3.8, 4) is 22.8 Å². The van der Waals surface area contributed by atoms with Gasteiger partial charge >= 0.3 is 0 Å². The molecule has 10 heteroatoms. The van der Waals surface area contributed by atoms with Crippen LogP contribution in [0.5, 0.6) is 11.5 Å². The van der Waals surface area contributed by atoms with Gasteiger partial charge in [-0.25, -0.2) is 13.4 Å². The van der Waals surface area contributed by atoms with E-state index >= 15 is 0 Å². The van der Waals surface area contributed by atoms with Crippen LogP contribution >= 0.6 is 11.3 Å². The number of carbonyl (C=O) groups excluding carboxylic acids is 1. The molecule has 164 valence electrons. The number of anilines is 1. The Hall–Kier alpha value is -2.95. The minimum absolute atomic E-state index is 0.0415. The van der Waals surface area contributed by atoms with E-state index in [1.165, 1.54) is 37.5 Å². The Bertz CT molecular complexity index is 1160. The van der Waals surface area contributed by atoms with Gasteiger partial charge in [-0.2, -0.15) is 4.72 Å². The van der Waals surface area contributed by atoms with Gasteiger partial charge in [0.1, 0.15) is 11.5 Å². The summed E-state index contributed by atoms with van der Waals surface area (Å²) in [5.41, 5.74) is 1.64. The summed E-state index contributed by atoms with van der Waals surface area (Å²) in [6.07, 6.45) is 0. The highest BCUT2D eigenvalue weighted by Gasteiger charge is 2.23. The van der Waals surface area contributed by atoms with Crippen molar-refractivity contribution in [2.24, 2.45) is 0 Å². The molecular weight excluding hydrogens is 438 g/mol. The molecule has 1 atom stereocenters. The van der Waals surface area contributed by atoms with Crippen LogP contribution < -0.4 is 19.5 Å². The Labute approximate surface area is 185 Å². The second-order valence-electron chi connectivity index (χ2n) is 6.66. The van der Waals surface area contributed by atoms with Gasteiger partial charge in [-0.05, 0) is 62.4 Å². The number of benzene rings is 2. The first-order valence-corrected chi connectivity index (χ1v) is 11.6. The van der Waals surface area contributed by atoms with Gasteiger partial charge in [0.25, 0.3) is 0 Å². The van der Waals surface area contributed by atoms with Crippen LogP contribution in [0.2, 0.25) is 0 Å². The molecule has 1 amide bonds. The number of nitrogens with zero attached hydrogens (tertiary/aromatic N) is 1. The zero-order valence-corrected chi connectivity index (χ0v) is 19.1. The van der Waals surface area contributed by atoms with E-state index in [-0.39, 0.29) is 4.90 Å². The topological polar surface area (TPSA) is 107 Å². The number of carbonyl (C=O) groups is 1. The first kappa shape index (κ1) is 22.7. The van der Waals surface area contributed by atoms with Crippen LogP contribution in [0.4, 0.5) is 5.13 Å². The lowest BCUT2D eigenvalue weighted by Gasteiger charge is -2.13. The molecule has 0 saturated heterocycles. The van der Waals surface area contributed by atoms with Crippen LogP contribution in [0.1, 0.15) is 11.8 Å². The molecule has 3 rings (SSSR count). The van der Waals surface area contributed by atoms with Gasteiger partial charge < -0.3 is 14.8 Å². The van der Waals surface area contributed by atoms with E-state index in [1.807, 2.05) is 31.2 Å². The van der Waals surface area contributed by atoms with Crippen molar-refractivity contribution < 1.29 is 22.7 Å². The molecule has 0 unspecified atom stereocenters. The first-order chi connectivity index (χ1) is 14.7. The smallest absolute Gasteiger partial charge is 0.244 e. The number of rotatable bonds is 8. The van der Waals surface area contributed by atoms with Crippen molar-refractivity contribution in [1.82, 2.24) is 9.71 Å². The van der Waals surface area contributed by atoms with E-state index in [0.717, 1.165) is 21.9 Å². The third kappa shape index (κ3) is 5.40. The Balaban J connectivity index is 1.69. The molecule has 0 saturated carbocycles. The van der Waals surface area contributed by atoms with E-state index in [1.54, 1.807) is 19.2 Å². The number of sulfonamides is 1. The van der Waals surface area contributed by atoms with E-state index in [4.69, 9.17) is 9.47 Å². The molecule has 31 heavy (non-hydrogen) atoms. The van der Waals surface area contributed by atoms with Crippen molar-refractivity contribution in [2.45, 2.75) is 24.8 Å². The standard InChI is InChI=1S/C21H23N3O5S2/c1-13(24-31(26,27)18-11-9-17(29-4)10-12-18)20(25)23-21-22-19(14(2)30-21)15-5-7-16(28-3)8-6-15/h5-13,24H,1-4H3,(H,22,23,25)/t13-/m0/s1. The number of nitrogens with one attached hydrogen (secondary N) is 2. The summed E-state index contributed by atoms with van der Waals surface area (Å²) in [6, 6.07) is 12.4. The zero-order valence-electron chi connectivity index (χ0n) is 17.5. The highest BCUT2D eigenvalue weighted by Crippen LogP contribution is 2.31.